The molecule has 1 aliphatic heterocycles. The molecule has 0 spiro atoms. The lowest BCUT2D eigenvalue weighted by atomic mass is 9.86. The fourth-order valence-electron chi connectivity index (χ4n) is 4.24. The normalized spacial score (nSPS) is 23.2. The van der Waals surface area contributed by atoms with E-state index >= 15 is 0 Å². The standard InChI is InChI=1S/C22H42N4O2.HI/c1-3-23-22(24-15-7-5-8-16-26-17-9-6-10-18-26)25-20-13-11-19(12-14-20)21(27)28-4-2;/h19-20H,3-18H2,1-2H3,(H2,23,24,25);1H. The van der Waals surface area contributed by atoms with E-state index in [-0.39, 0.29) is 35.9 Å². The average Bonchev–Trinajstić information content (AvgIpc) is 2.72. The van der Waals surface area contributed by atoms with E-state index in [1.54, 1.807) is 0 Å². The number of hydrogen-bond donors (Lipinski definition) is 2. The molecule has 1 heterocycles. The molecule has 0 bridgehead atoms. The van der Waals surface area contributed by atoms with Gasteiger partial charge in [-0.05, 0) is 84.8 Å². The van der Waals surface area contributed by atoms with Crippen LogP contribution in [0.1, 0.15) is 78.1 Å². The first kappa shape index (κ1) is 26.5. The lowest BCUT2D eigenvalue weighted by Gasteiger charge is -2.29. The summed E-state index contributed by atoms with van der Waals surface area (Å²) in [6, 6.07) is 0.405. The van der Waals surface area contributed by atoms with E-state index in [0.717, 1.165) is 51.2 Å². The number of nitrogens with one attached hydrogen (secondary N) is 2. The van der Waals surface area contributed by atoms with Crippen molar-refractivity contribution in [1.82, 2.24) is 15.5 Å². The predicted octanol–water partition coefficient (Wildman–Crippen LogP) is 3.94. The second-order valence-corrected chi connectivity index (χ2v) is 8.17. The Bertz CT molecular complexity index is 462. The Kier molecular flexibility index (Phi) is 14.8. The smallest absolute Gasteiger partial charge is 0.308 e. The maximum atomic E-state index is 11.9. The number of nitrogens with zero attached hydrogens (tertiary/aromatic N) is 2. The molecule has 7 heteroatoms. The molecule has 0 amide bonds. The zero-order valence-electron chi connectivity index (χ0n) is 18.6. The first-order chi connectivity index (χ1) is 13.7. The second-order valence-electron chi connectivity index (χ2n) is 8.17. The van der Waals surface area contributed by atoms with Gasteiger partial charge in [0.2, 0.25) is 0 Å². The van der Waals surface area contributed by atoms with Crippen molar-refractivity contribution in [2.75, 3.05) is 39.3 Å². The molecule has 2 rings (SSSR count). The zero-order valence-corrected chi connectivity index (χ0v) is 20.9. The minimum absolute atomic E-state index is 0. The van der Waals surface area contributed by atoms with Gasteiger partial charge in [-0.1, -0.05) is 12.8 Å². The summed E-state index contributed by atoms with van der Waals surface area (Å²) in [4.78, 5) is 19.3. The van der Waals surface area contributed by atoms with Gasteiger partial charge in [-0.15, -0.1) is 24.0 Å². The number of ether oxygens (including phenoxy) is 1. The van der Waals surface area contributed by atoms with Gasteiger partial charge in [-0.25, -0.2) is 0 Å². The Morgan fingerprint density at radius 3 is 2.41 bits per heavy atom. The molecule has 1 saturated carbocycles. The number of likely N-dealkylation sites (tertiary alicyclic amines) is 1. The third-order valence-electron chi connectivity index (χ3n) is 5.88. The van der Waals surface area contributed by atoms with Gasteiger partial charge in [-0.2, -0.15) is 0 Å². The second kappa shape index (κ2) is 16.2. The van der Waals surface area contributed by atoms with Crippen LogP contribution in [0, 0.1) is 5.92 Å². The highest BCUT2D eigenvalue weighted by molar-refractivity contribution is 14.0. The average molecular weight is 523 g/mol. The molecule has 0 atom stereocenters. The Morgan fingerprint density at radius 2 is 1.76 bits per heavy atom. The van der Waals surface area contributed by atoms with Gasteiger partial charge < -0.3 is 20.3 Å². The minimum atomic E-state index is -0.0222. The molecule has 6 nitrogen and oxygen atoms in total. The number of esters is 1. The number of rotatable bonds is 10. The molecule has 0 radical (unpaired) electrons. The van der Waals surface area contributed by atoms with Crippen LogP contribution < -0.4 is 10.6 Å². The van der Waals surface area contributed by atoms with Crippen LogP contribution in [0.15, 0.2) is 4.99 Å². The molecule has 0 aromatic rings. The molecule has 2 aliphatic rings. The van der Waals surface area contributed by atoms with Gasteiger partial charge in [0.05, 0.1) is 12.5 Å². The summed E-state index contributed by atoms with van der Waals surface area (Å²) in [5.74, 6) is 0.988. The van der Waals surface area contributed by atoms with Crippen molar-refractivity contribution >= 4 is 35.9 Å². The number of aliphatic imine (C=N–C) groups is 1. The lowest BCUT2D eigenvalue weighted by Crippen LogP contribution is -2.45. The van der Waals surface area contributed by atoms with Crippen molar-refractivity contribution in [1.29, 1.82) is 0 Å². The monoisotopic (exact) mass is 522 g/mol. The van der Waals surface area contributed by atoms with Gasteiger partial charge in [0.15, 0.2) is 5.96 Å². The SMILES string of the molecule is CCNC(=NCCCCCN1CCCCC1)NC1CCC(C(=O)OCC)CC1.I. The molecule has 170 valence electrons. The maximum absolute atomic E-state index is 11.9. The lowest BCUT2D eigenvalue weighted by molar-refractivity contribution is -0.149. The van der Waals surface area contributed by atoms with Crippen molar-refractivity contribution in [3.63, 3.8) is 0 Å². The third-order valence-corrected chi connectivity index (χ3v) is 5.88. The van der Waals surface area contributed by atoms with Gasteiger partial charge in [0.1, 0.15) is 0 Å². The first-order valence-electron chi connectivity index (χ1n) is 11.7. The van der Waals surface area contributed by atoms with E-state index < -0.39 is 0 Å². The Hall–Kier alpha value is -0.570. The molecule has 0 aromatic carbocycles. The summed E-state index contributed by atoms with van der Waals surface area (Å²) in [6.07, 6.45) is 11.7. The van der Waals surface area contributed by atoms with Crippen LogP contribution in [0.25, 0.3) is 0 Å². The largest absolute Gasteiger partial charge is 0.466 e. The molecule has 0 aromatic heterocycles. The number of halogens is 1. The third kappa shape index (κ3) is 10.9. The van der Waals surface area contributed by atoms with Crippen LogP contribution in [0.4, 0.5) is 0 Å². The van der Waals surface area contributed by atoms with E-state index in [4.69, 9.17) is 9.73 Å². The summed E-state index contributed by atoms with van der Waals surface area (Å²) < 4.78 is 5.16. The van der Waals surface area contributed by atoms with E-state index in [9.17, 15) is 4.79 Å². The molecular formula is C22H43IN4O2. The molecule has 29 heavy (non-hydrogen) atoms. The van der Waals surface area contributed by atoms with Crippen LogP contribution in [0.2, 0.25) is 0 Å². The molecule has 1 aliphatic carbocycles. The van der Waals surface area contributed by atoms with Gasteiger partial charge in [0, 0.05) is 19.1 Å². The minimum Gasteiger partial charge on any atom is -0.466 e. The molecule has 2 fully saturated rings. The summed E-state index contributed by atoms with van der Waals surface area (Å²) >= 11 is 0. The van der Waals surface area contributed by atoms with E-state index in [2.05, 4.69) is 22.5 Å². The summed E-state index contributed by atoms with van der Waals surface area (Å²) in [7, 11) is 0. The van der Waals surface area contributed by atoms with Crippen LogP contribution in [0.3, 0.4) is 0 Å². The number of carbonyl (C=O) groups excluding carboxylic acids is 1. The van der Waals surface area contributed by atoms with Crippen molar-refractivity contribution < 1.29 is 9.53 Å². The number of piperidine rings is 1. The van der Waals surface area contributed by atoms with E-state index in [1.165, 1.54) is 51.7 Å². The van der Waals surface area contributed by atoms with Crippen LogP contribution in [0.5, 0.6) is 0 Å². The molecule has 2 N–H and O–H groups in total. The van der Waals surface area contributed by atoms with Crippen molar-refractivity contribution in [2.24, 2.45) is 10.9 Å². The first-order valence-corrected chi connectivity index (χ1v) is 11.7. The summed E-state index contributed by atoms with van der Waals surface area (Å²) in [5, 5.41) is 6.94. The Balaban J connectivity index is 0.00000420. The van der Waals surface area contributed by atoms with Crippen LogP contribution in [-0.2, 0) is 9.53 Å². The maximum Gasteiger partial charge on any atom is 0.308 e. The Morgan fingerprint density at radius 1 is 1.03 bits per heavy atom. The van der Waals surface area contributed by atoms with Crippen LogP contribution >= 0.6 is 24.0 Å². The van der Waals surface area contributed by atoms with Crippen molar-refractivity contribution in [3.05, 3.63) is 0 Å². The summed E-state index contributed by atoms with van der Waals surface area (Å²) in [6.45, 7) is 10.1. The zero-order chi connectivity index (χ0) is 20.0. The molecule has 1 saturated heterocycles. The van der Waals surface area contributed by atoms with Crippen molar-refractivity contribution in [2.45, 2.75) is 84.1 Å². The van der Waals surface area contributed by atoms with Crippen LogP contribution in [-0.4, -0.2) is 62.2 Å². The summed E-state index contributed by atoms with van der Waals surface area (Å²) in [5.41, 5.74) is 0. The fourth-order valence-corrected chi connectivity index (χ4v) is 4.24. The number of hydrogen-bond acceptors (Lipinski definition) is 4. The topological polar surface area (TPSA) is 66.0 Å². The number of unbranched alkanes of at least 4 members (excludes halogenated alkanes) is 2. The Labute approximate surface area is 195 Å². The quantitative estimate of drug-likeness (QED) is 0.150. The van der Waals surface area contributed by atoms with E-state index in [1.807, 2.05) is 6.92 Å². The predicted molar refractivity (Wildman–Crippen MR) is 131 cm³/mol. The highest BCUT2D eigenvalue weighted by atomic mass is 127. The number of guanidine groups is 1. The van der Waals surface area contributed by atoms with Gasteiger partial charge in [-0.3, -0.25) is 9.79 Å². The van der Waals surface area contributed by atoms with E-state index in [0.29, 0.717) is 12.6 Å². The highest BCUT2D eigenvalue weighted by Crippen LogP contribution is 2.25. The molecule has 0 unspecified atom stereocenters. The number of carbonyl (C=O) groups is 1. The fraction of sp³-hybridized carbons (Fsp3) is 0.909. The van der Waals surface area contributed by atoms with Gasteiger partial charge >= 0.3 is 5.97 Å². The van der Waals surface area contributed by atoms with Crippen molar-refractivity contribution in [3.8, 4) is 0 Å². The molecular weight excluding hydrogens is 479 g/mol. The highest BCUT2D eigenvalue weighted by Gasteiger charge is 2.27. The van der Waals surface area contributed by atoms with Gasteiger partial charge in [0.25, 0.3) is 0 Å².